The maximum absolute atomic E-state index is 12.7. The molecule has 3 heterocycles. The van der Waals surface area contributed by atoms with Crippen LogP contribution in [0.25, 0.3) is 21.9 Å². The standard InChI is InChI=1S/C24H25N5O4/c1-14-2-4-17-18(8-14)27-22(26-17)12-33-13-23(31)28-10-20(21(30)11-28)29-7-6-15-9-16(24(25)32)3-5-19(15)29/h2-9,20-21,30H,10-13H2,1H3,(H2,25,32)(H,26,27)/t20-,21-/m1/s1. The lowest BCUT2D eigenvalue weighted by Crippen LogP contribution is -2.32. The Morgan fingerprint density at radius 3 is 2.88 bits per heavy atom. The monoisotopic (exact) mass is 447 g/mol. The van der Waals surface area contributed by atoms with Gasteiger partial charge in [0.1, 0.15) is 19.0 Å². The molecule has 33 heavy (non-hydrogen) atoms. The molecule has 2 amide bonds. The number of aromatic amines is 1. The van der Waals surface area contributed by atoms with E-state index in [4.69, 9.17) is 10.5 Å². The van der Waals surface area contributed by atoms with Crippen LogP contribution >= 0.6 is 0 Å². The molecule has 2 aromatic carbocycles. The van der Waals surface area contributed by atoms with Gasteiger partial charge >= 0.3 is 0 Å². The van der Waals surface area contributed by atoms with Crippen LogP contribution in [0, 0.1) is 6.92 Å². The molecule has 1 saturated heterocycles. The van der Waals surface area contributed by atoms with Gasteiger partial charge in [-0.05, 0) is 48.9 Å². The first-order valence-electron chi connectivity index (χ1n) is 10.8. The number of aryl methyl sites for hydroxylation is 1. The van der Waals surface area contributed by atoms with Crippen molar-refractivity contribution in [3.8, 4) is 0 Å². The minimum absolute atomic E-state index is 0.0933. The van der Waals surface area contributed by atoms with E-state index in [0.717, 1.165) is 27.5 Å². The Morgan fingerprint density at radius 2 is 2.06 bits per heavy atom. The summed E-state index contributed by atoms with van der Waals surface area (Å²) in [6.45, 7) is 2.72. The molecule has 1 aliphatic rings. The largest absolute Gasteiger partial charge is 0.389 e. The molecule has 0 radical (unpaired) electrons. The Labute approximate surface area is 189 Å². The van der Waals surface area contributed by atoms with Gasteiger partial charge in [-0.3, -0.25) is 9.59 Å². The highest BCUT2D eigenvalue weighted by Crippen LogP contribution is 2.28. The number of nitrogens with two attached hydrogens (primary N) is 1. The van der Waals surface area contributed by atoms with Gasteiger partial charge in [0, 0.05) is 35.8 Å². The summed E-state index contributed by atoms with van der Waals surface area (Å²) in [5, 5.41) is 11.5. The summed E-state index contributed by atoms with van der Waals surface area (Å²) >= 11 is 0. The SMILES string of the molecule is Cc1ccc2nc(COCC(=O)N3C[C@@H](O)[C@H](n4ccc5cc(C(N)=O)ccc54)C3)[nH]c2c1. The smallest absolute Gasteiger partial charge is 0.248 e. The van der Waals surface area contributed by atoms with E-state index in [0.29, 0.717) is 17.9 Å². The Bertz CT molecular complexity index is 1360. The quantitative estimate of drug-likeness (QED) is 0.416. The molecule has 0 spiro atoms. The first-order valence-corrected chi connectivity index (χ1v) is 10.8. The van der Waals surface area contributed by atoms with Crippen LogP contribution in [0.1, 0.15) is 27.8 Å². The van der Waals surface area contributed by atoms with E-state index < -0.39 is 12.0 Å². The number of aromatic nitrogens is 3. The van der Waals surface area contributed by atoms with Crippen molar-refractivity contribution in [3.63, 3.8) is 0 Å². The minimum Gasteiger partial charge on any atom is -0.389 e. The van der Waals surface area contributed by atoms with Gasteiger partial charge in [-0.15, -0.1) is 0 Å². The summed E-state index contributed by atoms with van der Waals surface area (Å²) in [5.41, 5.74) is 9.60. The van der Waals surface area contributed by atoms with Crippen molar-refractivity contribution in [3.05, 3.63) is 65.6 Å². The number of fused-ring (bicyclic) bond motifs is 2. The van der Waals surface area contributed by atoms with Crippen molar-refractivity contribution in [2.75, 3.05) is 19.7 Å². The third-order valence-electron chi connectivity index (χ3n) is 6.12. The van der Waals surface area contributed by atoms with Crippen LogP contribution in [0.3, 0.4) is 0 Å². The van der Waals surface area contributed by atoms with Crippen molar-refractivity contribution in [2.45, 2.75) is 25.7 Å². The molecular weight excluding hydrogens is 422 g/mol. The molecule has 4 aromatic rings. The zero-order chi connectivity index (χ0) is 23.1. The molecule has 0 aliphatic carbocycles. The van der Waals surface area contributed by atoms with Crippen molar-refractivity contribution in [2.24, 2.45) is 5.73 Å². The molecule has 2 atom stereocenters. The van der Waals surface area contributed by atoms with Crippen molar-refractivity contribution in [1.29, 1.82) is 0 Å². The molecule has 2 aromatic heterocycles. The molecule has 9 heteroatoms. The number of likely N-dealkylation sites (tertiary alicyclic amines) is 1. The van der Waals surface area contributed by atoms with Crippen molar-refractivity contribution < 1.29 is 19.4 Å². The van der Waals surface area contributed by atoms with Crippen LogP contribution in [0.15, 0.2) is 48.7 Å². The van der Waals surface area contributed by atoms with Crippen LogP contribution in [0.2, 0.25) is 0 Å². The highest BCUT2D eigenvalue weighted by atomic mass is 16.5. The Morgan fingerprint density at radius 1 is 1.21 bits per heavy atom. The van der Waals surface area contributed by atoms with Gasteiger partial charge in [-0.2, -0.15) is 0 Å². The van der Waals surface area contributed by atoms with E-state index in [1.807, 2.05) is 48.0 Å². The first-order chi connectivity index (χ1) is 15.9. The lowest BCUT2D eigenvalue weighted by Gasteiger charge is -2.18. The normalized spacial score (nSPS) is 18.4. The number of aliphatic hydroxyl groups excluding tert-OH is 1. The molecule has 1 aliphatic heterocycles. The maximum atomic E-state index is 12.7. The number of imidazole rings is 1. The lowest BCUT2D eigenvalue weighted by molar-refractivity contribution is -0.136. The lowest BCUT2D eigenvalue weighted by atomic mass is 10.1. The second-order valence-corrected chi connectivity index (χ2v) is 8.49. The average Bonchev–Trinajstić information content (AvgIpc) is 3.48. The van der Waals surface area contributed by atoms with E-state index in [1.165, 1.54) is 0 Å². The van der Waals surface area contributed by atoms with Crippen LogP contribution in [-0.4, -0.2) is 62.2 Å². The van der Waals surface area contributed by atoms with Gasteiger partial charge in [-0.1, -0.05) is 6.07 Å². The number of aliphatic hydroxyl groups is 1. The molecule has 9 nitrogen and oxygen atoms in total. The highest BCUT2D eigenvalue weighted by Gasteiger charge is 2.35. The second kappa shape index (κ2) is 8.34. The molecule has 4 N–H and O–H groups in total. The number of carbonyl (C=O) groups excluding carboxylic acids is 2. The molecule has 0 bridgehead atoms. The fourth-order valence-corrected chi connectivity index (χ4v) is 4.42. The van der Waals surface area contributed by atoms with Crippen LogP contribution < -0.4 is 5.73 Å². The summed E-state index contributed by atoms with van der Waals surface area (Å²) in [5.74, 6) is -0.00654. The summed E-state index contributed by atoms with van der Waals surface area (Å²) in [6, 6.07) is 12.7. The van der Waals surface area contributed by atoms with Crippen LogP contribution in [-0.2, 0) is 16.1 Å². The summed E-state index contributed by atoms with van der Waals surface area (Å²) in [4.78, 5) is 33.4. The number of ether oxygens (including phenoxy) is 1. The fraction of sp³-hybridized carbons (Fsp3) is 0.292. The van der Waals surface area contributed by atoms with Gasteiger partial charge in [-0.25, -0.2) is 4.98 Å². The molecule has 0 saturated carbocycles. The predicted molar refractivity (Wildman–Crippen MR) is 123 cm³/mol. The van der Waals surface area contributed by atoms with Crippen molar-refractivity contribution in [1.82, 2.24) is 19.4 Å². The van der Waals surface area contributed by atoms with E-state index in [9.17, 15) is 14.7 Å². The van der Waals surface area contributed by atoms with Gasteiger partial charge in [0.05, 0.1) is 23.2 Å². The predicted octanol–water partition coefficient (Wildman–Crippen LogP) is 1.89. The zero-order valence-electron chi connectivity index (χ0n) is 18.2. The van der Waals surface area contributed by atoms with Crippen LogP contribution in [0.4, 0.5) is 0 Å². The zero-order valence-corrected chi connectivity index (χ0v) is 18.2. The topological polar surface area (TPSA) is 126 Å². The summed E-state index contributed by atoms with van der Waals surface area (Å²) < 4.78 is 7.54. The number of benzene rings is 2. The van der Waals surface area contributed by atoms with E-state index in [1.54, 1.807) is 17.0 Å². The number of nitrogens with one attached hydrogen (secondary N) is 1. The van der Waals surface area contributed by atoms with E-state index >= 15 is 0 Å². The number of β-amino-alcohol motifs (C(OH)–C–C–N with tert-alkyl or cyclic N) is 1. The number of hydrogen-bond donors (Lipinski definition) is 3. The van der Waals surface area contributed by atoms with Gasteiger partial charge in [0.2, 0.25) is 11.8 Å². The minimum atomic E-state index is -0.709. The molecule has 5 rings (SSSR count). The van der Waals surface area contributed by atoms with E-state index in [-0.39, 0.29) is 31.7 Å². The third-order valence-corrected chi connectivity index (χ3v) is 6.12. The van der Waals surface area contributed by atoms with E-state index in [2.05, 4.69) is 9.97 Å². The highest BCUT2D eigenvalue weighted by molar-refractivity contribution is 5.97. The van der Waals surface area contributed by atoms with Gasteiger partial charge < -0.3 is 30.0 Å². The Balaban J connectivity index is 1.21. The number of hydrogen-bond acceptors (Lipinski definition) is 5. The maximum Gasteiger partial charge on any atom is 0.248 e. The molecular formula is C24H25N5O4. The average molecular weight is 447 g/mol. The van der Waals surface area contributed by atoms with Gasteiger partial charge in [0.15, 0.2) is 0 Å². The number of carbonyl (C=O) groups is 2. The Kier molecular flexibility index (Phi) is 5.35. The number of amides is 2. The summed E-state index contributed by atoms with van der Waals surface area (Å²) in [6.07, 6.45) is 1.15. The fourth-order valence-electron chi connectivity index (χ4n) is 4.42. The van der Waals surface area contributed by atoms with Crippen molar-refractivity contribution >= 4 is 33.8 Å². The second-order valence-electron chi connectivity index (χ2n) is 8.49. The summed E-state index contributed by atoms with van der Waals surface area (Å²) in [7, 11) is 0. The number of rotatable bonds is 6. The van der Waals surface area contributed by atoms with Gasteiger partial charge in [0.25, 0.3) is 0 Å². The van der Waals surface area contributed by atoms with Crippen LogP contribution in [0.5, 0.6) is 0 Å². The molecule has 1 fully saturated rings. The number of nitrogens with zero attached hydrogens (tertiary/aromatic N) is 3. The Hall–Kier alpha value is -3.69. The first kappa shape index (κ1) is 21.2. The number of H-pyrrole nitrogens is 1. The third kappa shape index (κ3) is 4.08. The molecule has 0 unspecified atom stereocenters. The number of primary amides is 1. The molecule has 170 valence electrons.